The average molecular weight is 582 g/mol. The molecule has 5 N–H and O–H groups in total. The maximum Gasteiger partial charge on any atom is 0.241 e. The molecule has 0 bridgehead atoms. The highest BCUT2D eigenvalue weighted by molar-refractivity contribution is 8.23. The van der Waals surface area contributed by atoms with Crippen LogP contribution in [0.3, 0.4) is 0 Å². The molecule has 1 aliphatic rings. The summed E-state index contributed by atoms with van der Waals surface area (Å²) < 4.78 is 51.8. The van der Waals surface area contributed by atoms with E-state index >= 15 is 0 Å². The van der Waals surface area contributed by atoms with Gasteiger partial charge >= 0.3 is 0 Å². The lowest BCUT2D eigenvalue weighted by Crippen LogP contribution is -2.31. The molecule has 0 radical (unpaired) electrons. The molecular weight excluding hydrogens is 559 g/mol. The molecule has 194 valence electrons. The van der Waals surface area contributed by atoms with Crippen molar-refractivity contribution in [2.24, 2.45) is 0 Å². The van der Waals surface area contributed by atoms with Gasteiger partial charge in [-0.05, 0) is 47.9 Å². The number of para-hydroxylation sites is 2. The summed E-state index contributed by atoms with van der Waals surface area (Å²) in [5.41, 5.74) is 2.81. The monoisotopic (exact) mass is 580 g/mol. The fraction of sp³-hybridized carbons (Fsp3) is 0.167. The predicted octanol–water partition coefficient (Wildman–Crippen LogP) is 5.36. The molecule has 1 unspecified atom stereocenters. The molecule has 37 heavy (non-hydrogen) atoms. The third-order valence-electron chi connectivity index (χ3n) is 6.06. The van der Waals surface area contributed by atoms with Gasteiger partial charge in [0.1, 0.15) is 11.1 Å². The zero-order chi connectivity index (χ0) is 26.4. The number of aromatic amines is 1. The van der Waals surface area contributed by atoms with Gasteiger partial charge in [-0.15, -0.1) is 10.8 Å². The molecule has 0 saturated carbocycles. The Labute approximate surface area is 224 Å². The molecule has 4 aromatic rings. The number of carbonyl (C=O) groups is 1. The quantitative estimate of drug-likeness (QED) is 0.199. The molecule has 9 nitrogen and oxygen atoms in total. The number of rotatable bonds is 7. The number of hydrogen-bond donors (Lipinski definition) is 5. The summed E-state index contributed by atoms with van der Waals surface area (Å²) in [5, 5.41) is -0.384. The van der Waals surface area contributed by atoms with Gasteiger partial charge in [-0.25, -0.2) is 18.1 Å². The van der Waals surface area contributed by atoms with E-state index in [2.05, 4.69) is 19.4 Å². The molecule has 1 aromatic heterocycles. The molecule has 2 atom stereocenters. The number of hydrogen-bond acceptors (Lipinski definition) is 6. The lowest BCUT2D eigenvalue weighted by atomic mass is 10.0. The Hall–Kier alpha value is -2.64. The van der Waals surface area contributed by atoms with E-state index in [0.717, 1.165) is 11.1 Å². The molecule has 1 amide bonds. The zero-order valence-corrected chi connectivity index (χ0v) is 22.2. The van der Waals surface area contributed by atoms with Crippen molar-refractivity contribution in [2.75, 3.05) is 0 Å². The van der Waals surface area contributed by atoms with Gasteiger partial charge in [-0.2, -0.15) is 0 Å². The largest absolute Gasteiger partial charge is 0.341 e. The van der Waals surface area contributed by atoms with Crippen LogP contribution in [-0.4, -0.2) is 33.4 Å². The summed E-state index contributed by atoms with van der Waals surface area (Å²) in [5.74, 6) is 0.00409. The minimum Gasteiger partial charge on any atom is -0.341 e. The first-order chi connectivity index (χ1) is 17.5. The number of amides is 1. The molecule has 0 aliphatic carbocycles. The fourth-order valence-corrected chi connectivity index (χ4v) is 7.28. The van der Waals surface area contributed by atoms with Crippen LogP contribution in [0.25, 0.3) is 11.0 Å². The van der Waals surface area contributed by atoms with E-state index < -0.39 is 38.0 Å². The van der Waals surface area contributed by atoms with E-state index in [0.29, 0.717) is 16.9 Å². The second-order valence-corrected chi connectivity index (χ2v) is 13.1. The summed E-state index contributed by atoms with van der Waals surface area (Å²) in [7, 11) is -7.28. The number of benzene rings is 3. The number of fused-ring (bicyclic) bond motifs is 1. The highest BCUT2D eigenvalue weighted by atomic mass is 35.5. The summed E-state index contributed by atoms with van der Waals surface area (Å²) in [6.45, 7) is 0. The Bertz CT molecular complexity index is 1560. The SMILES string of the molecule is O=C1CC(c2ccc(C[C@H](NS(=O)(=O)c3ccc(Cl)c(Cl)c3)c3nc4ccccc4[nH]3)cc2)S(O)(O)N1. The van der Waals surface area contributed by atoms with Crippen molar-refractivity contribution in [3.8, 4) is 0 Å². The van der Waals surface area contributed by atoms with Crippen LogP contribution < -0.4 is 9.44 Å². The van der Waals surface area contributed by atoms with Crippen LogP contribution in [0.5, 0.6) is 0 Å². The highest BCUT2D eigenvalue weighted by Crippen LogP contribution is 2.56. The molecule has 1 fully saturated rings. The number of imidazole rings is 1. The lowest BCUT2D eigenvalue weighted by Gasteiger charge is -2.32. The van der Waals surface area contributed by atoms with Crippen LogP contribution >= 0.6 is 34.0 Å². The summed E-state index contributed by atoms with van der Waals surface area (Å²) in [6.07, 6.45) is 0.214. The summed E-state index contributed by atoms with van der Waals surface area (Å²) >= 11 is 12.0. The van der Waals surface area contributed by atoms with Gasteiger partial charge in [0.25, 0.3) is 0 Å². The predicted molar refractivity (Wildman–Crippen MR) is 144 cm³/mol. The van der Waals surface area contributed by atoms with Crippen LogP contribution in [0.1, 0.15) is 34.7 Å². The number of carbonyl (C=O) groups excluding carboxylic acids is 1. The topological polar surface area (TPSA) is 144 Å². The van der Waals surface area contributed by atoms with Crippen LogP contribution in [0.2, 0.25) is 10.0 Å². The van der Waals surface area contributed by atoms with Crippen molar-refractivity contribution in [1.82, 2.24) is 19.4 Å². The molecule has 1 saturated heterocycles. The van der Waals surface area contributed by atoms with Gasteiger partial charge in [0.15, 0.2) is 0 Å². The Morgan fingerprint density at radius 2 is 1.78 bits per heavy atom. The van der Waals surface area contributed by atoms with Gasteiger partial charge in [0.05, 0.1) is 38.4 Å². The number of nitrogens with zero attached hydrogens (tertiary/aromatic N) is 1. The van der Waals surface area contributed by atoms with Crippen LogP contribution in [0.4, 0.5) is 0 Å². The molecule has 2 heterocycles. The summed E-state index contributed by atoms with van der Waals surface area (Å²) in [4.78, 5) is 19.4. The van der Waals surface area contributed by atoms with Crippen molar-refractivity contribution < 1.29 is 22.3 Å². The first-order valence-electron chi connectivity index (χ1n) is 11.1. The normalized spacial score (nSPS) is 19.0. The first-order valence-corrected chi connectivity index (χ1v) is 15.0. The molecule has 1 aliphatic heterocycles. The second kappa shape index (κ2) is 9.91. The molecule has 0 spiro atoms. The van der Waals surface area contributed by atoms with Crippen molar-refractivity contribution in [3.63, 3.8) is 0 Å². The van der Waals surface area contributed by atoms with E-state index in [1.807, 2.05) is 24.3 Å². The lowest BCUT2D eigenvalue weighted by molar-refractivity contribution is -0.118. The molecule has 5 rings (SSSR count). The second-order valence-electron chi connectivity index (χ2n) is 8.65. The maximum atomic E-state index is 13.3. The average Bonchev–Trinajstić information content (AvgIpc) is 3.40. The zero-order valence-electron chi connectivity index (χ0n) is 19.1. The maximum absolute atomic E-state index is 13.3. The molecule has 3 aromatic carbocycles. The van der Waals surface area contributed by atoms with E-state index in [4.69, 9.17) is 23.2 Å². The number of aromatic nitrogens is 2. The minimum atomic E-state index is -4.01. The van der Waals surface area contributed by atoms with Gasteiger partial charge in [-0.1, -0.05) is 59.6 Å². The standard InChI is InChI=1S/C24H22Cl2N4O5S2/c25-17-10-9-16(12-18(17)26)36(32,33)29-21(24-27-19-3-1-2-4-20(19)28-24)11-14-5-7-15(8-6-14)22-13-23(31)30-37(22,34)35/h1-10,12,21-22,29,34-35H,11,13H2,(H,27,28)(H,30,31)/t21-,22?/m0/s1. The summed E-state index contributed by atoms with van der Waals surface area (Å²) in [6, 6.07) is 17.6. The fourth-order valence-electron chi connectivity index (χ4n) is 4.21. The Balaban J connectivity index is 1.46. The van der Waals surface area contributed by atoms with Crippen LogP contribution in [0, 0.1) is 0 Å². The van der Waals surface area contributed by atoms with Gasteiger partial charge in [0.2, 0.25) is 15.9 Å². The molecule has 13 heteroatoms. The van der Waals surface area contributed by atoms with Gasteiger partial charge in [0, 0.05) is 0 Å². The smallest absolute Gasteiger partial charge is 0.241 e. The third kappa shape index (κ3) is 5.48. The van der Waals surface area contributed by atoms with Crippen LogP contribution in [-0.2, 0) is 21.2 Å². The number of sulfonamides is 1. The van der Waals surface area contributed by atoms with Crippen molar-refractivity contribution in [3.05, 3.63) is 93.7 Å². The third-order valence-corrected chi connectivity index (χ3v) is 10.0. The van der Waals surface area contributed by atoms with E-state index in [1.54, 1.807) is 24.3 Å². The van der Waals surface area contributed by atoms with E-state index in [-0.39, 0.29) is 27.8 Å². The Morgan fingerprint density at radius 1 is 1.05 bits per heavy atom. The van der Waals surface area contributed by atoms with Crippen molar-refractivity contribution in [1.29, 1.82) is 0 Å². The van der Waals surface area contributed by atoms with Crippen molar-refractivity contribution >= 4 is 60.9 Å². The number of H-pyrrole nitrogens is 1. The first kappa shape index (κ1) is 26.0. The Kier molecular flexibility index (Phi) is 6.96. The van der Waals surface area contributed by atoms with Gasteiger partial charge in [-0.3, -0.25) is 18.6 Å². The Morgan fingerprint density at radius 3 is 2.43 bits per heavy atom. The molecular formula is C24H22Cl2N4O5S2. The van der Waals surface area contributed by atoms with Crippen molar-refractivity contribution in [2.45, 2.75) is 29.0 Å². The highest BCUT2D eigenvalue weighted by Gasteiger charge is 2.38. The number of halogens is 2. The van der Waals surface area contributed by atoms with E-state index in [1.165, 1.54) is 18.2 Å². The minimum absolute atomic E-state index is 0.0211. The van der Waals surface area contributed by atoms with E-state index in [9.17, 15) is 22.3 Å². The van der Waals surface area contributed by atoms with Gasteiger partial charge < -0.3 is 4.98 Å². The number of nitrogens with one attached hydrogen (secondary N) is 3. The van der Waals surface area contributed by atoms with Crippen LogP contribution in [0.15, 0.2) is 71.6 Å².